The molecule has 7 rings (SSSR count). The molecule has 36 heavy (non-hydrogen) atoms. The second kappa shape index (κ2) is 7.74. The lowest BCUT2D eigenvalue weighted by Crippen LogP contribution is -2.00. The minimum Gasteiger partial charge on any atom is -0.420 e. The molecule has 0 saturated heterocycles. The summed E-state index contributed by atoms with van der Waals surface area (Å²) in [5.74, 6) is 0. The van der Waals surface area contributed by atoms with Crippen molar-refractivity contribution in [2.45, 2.75) is 0 Å². The topological polar surface area (TPSA) is 78.7 Å². The summed E-state index contributed by atoms with van der Waals surface area (Å²) >= 11 is 0. The molecule has 172 valence electrons. The van der Waals surface area contributed by atoms with E-state index in [4.69, 9.17) is 4.42 Å². The lowest BCUT2D eigenvalue weighted by atomic mass is 10.1. The van der Waals surface area contributed by atoms with Gasteiger partial charge in [-0.1, -0.05) is 53.7 Å². The Morgan fingerprint density at radius 3 is 2.61 bits per heavy atom. The molecule has 0 aliphatic heterocycles. The van der Waals surface area contributed by atoms with E-state index in [9.17, 15) is 4.79 Å². The molecule has 0 amide bonds. The van der Waals surface area contributed by atoms with Crippen LogP contribution < -0.4 is 5.63 Å². The molecule has 7 heteroatoms. The highest BCUT2D eigenvalue weighted by Crippen LogP contribution is 2.36. The van der Waals surface area contributed by atoms with Crippen LogP contribution in [0.15, 0.2) is 107 Å². The number of rotatable bonds is 3. The second-order valence-electron chi connectivity index (χ2n) is 8.71. The zero-order valence-corrected chi connectivity index (χ0v) is 19.3. The number of pyridine rings is 1. The van der Waals surface area contributed by atoms with Crippen molar-refractivity contribution in [3.05, 3.63) is 108 Å². The molecule has 0 aliphatic carbocycles. The van der Waals surface area contributed by atoms with Crippen LogP contribution in [0.5, 0.6) is 0 Å². The highest BCUT2D eigenvalue weighted by Gasteiger charge is 2.17. The Labute approximate surface area is 204 Å². The van der Waals surface area contributed by atoms with Crippen LogP contribution in [0, 0.1) is 0 Å². The van der Waals surface area contributed by atoms with E-state index in [0.29, 0.717) is 11.3 Å². The van der Waals surface area contributed by atoms with Gasteiger partial charge < -0.3 is 8.98 Å². The smallest absolute Gasteiger partial charge is 0.336 e. The molecule has 0 spiro atoms. The van der Waals surface area contributed by atoms with Crippen LogP contribution in [0.4, 0.5) is 0 Å². The first-order chi connectivity index (χ1) is 17.7. The minimum atomic E-state index is -0.403. The van der Waals surface area contributed by atoms with Crippen LogP contribution in [0.1, 0.15) is 0 Å². The number of benzene rings is 3. The van der Waals surface area contributed by atoms with Gasteiger partial charge in [-0.3, -0.25) is 4.98 Å². The van der Waals surface area contributed by atoms with Gasteiger partial charge in [0.2, 0.25) is 0 Å². The van der Waals surface area contributed by atoms with Crippen LogP contribution in [-0.4, -0.2) is 24.5 Å². The van der Waals surface area contributed by atoms with Gasteiger partial charge in [0.15, 0.2) is 5.58 Å². The third-order valence-electron chi connectivity index (χ3n) is 6.62. The molecule has 0 fully saturated rings. The minimum absolute atomic E-state index is 0.403. The van der Waals surface area contributed by atoms with Gasteiger partial charge in [0, 0.05) is 52.3 Å². The lowest BCUT2D eigenvalue weighted by molar-refractivity contribution is 0.557. The van der Waals surface area contributed by atoms with Crippen molar-refractivity contribution in [3.63, 3.8) is 0 Å². The Bertz CT molecular complexity index is 1990. The van der Waals surface area contributed by atoms with Crippen LogP contribution in [0.25, 0.3) is 61.0 Å². The van der Waals surface area contributed by atoms with Gasteiger partial charge in [0.05, 0.1) is 17.2 Å². The quantitative estimate of drug-likeness (QED) is 0.308. The Morgan fingerprint density at radius 2 is 1.67 bits per heavy atom. The average molecular weight is 470 g/mol. The predicted molar refractivity (Wildman–Crippen MR) is 140 cm³/mol. The summed E-state index contributed by atoms with van der Waals surface area (Å²) < 4.78 is 9.33. The van der Waals surface area contributed by atoms with E-state index in [0.717, 1.165) is 49.7 Å². The van der Waals surface area contributed by atoms with Crippen molar-refractivity contribution >= 4 is 32.8 Å². The van der Waals surface area contributed by atoms with Crippen LogP contribution >= 0.6 is 0 Å². The van der Waals surface area contributed by atoms with E-state index >= 15 is 0 Å². The third kappa shape index (κ3) is 3.06. The standard InChI is InChI=1S/C29H19N5O2/c1-33-26(21-8-4-11-23-20(21)10-5-15-30-23)16-19-7-2-9-22(28(19)33)24-17-34(32-31-24)25-12-3-6-18-13-14-27(35)36-29(18)25/h2-17H,1H3. The molecule has 0 bridgehead atoms. The van der Waals surface area contributed by atoms with Gasteiger partial charge >= 0.3 is 5.63 Å². The third-order valence-corrected chi connectivity index (χ3v) is 6.62. The summed E-state index contributed by atoms with van der Waals surface area (Å²) in [5.41, 5.74) is 6.67. The Hall–Kier alpha value is -5.04. The normalized spacial score (nSPS) is 11.6. The highest BCUT2D eigenvalue weighted by molar-refractivity contribution is 6.01. The summed E-state index contributed by atoms with van der Waals surface area (Å²) in [6.45, 7) is 0. The van der Waals surface area contributed by atoms with Crippen molar-refractivity contribution < 1.29 is 4.42 Å². The Kier molecular flexibility index (Phi) is 4.38. The number of fused-ring (bicyclic) bond motifs is 3. The largest absolute Gasteiger partial charge is 0.420 e. The highest BCUT2D eigenvalue weighted by atomic mass is 16.4. The number of aromatic nitrogens is 5. The van der Waals surface area contributed by atoms with Gasteiger partial charge in [0.25, 0.3) is 0 Å². The molecule has 0 N–H and O–H groups in total. The summed E-state index contributed by atoms with van der Waals surface area (Å²) in [6, 6.07) is 27.5. The molecule has 7 aromatic rings. The fourth-order valence-electron chi connectivity index (χ4n) is 4.97. The monoisotopic (exact) mass is 469 g/mol. The molecular formula is C29H19N5O2. The molecule has 0 radical (unpaired) electrons. The zero-order valence-electron chi connectivity index (χ0n) is 19.3. The van der Waals surface area contributed by atoms with Gasteiger partial charge in [0.1, 0.15) is 11.4 Å². The van der Waals surface area contributed by atoms with Gasteiger partial charge in [-0.2, -0.15) is 0 Å². The van der Waals surface area contributed by atoms with E-state index in [1.165, 1.54) is 6.07 Å². The van der Waals surface area contributed by atoms with E-state index < -0.39 is 5.63 Å². The number of hydrogen-bond acceptors (Lipinski definition) is 5. The number of nitrogens with zero attached hydrogens (tertiary/aromatic N) is 5. The molecule has 0 saturated carbocycles. The fourth-order valence-corrected chi connectivity index (χ4v) is 4.97. The van der Waals surface area contributed by atoms with E-state index in [1.54, 1.807) is 10.7 Å². The number of para-hydroxylation sites is 2. The second-order valence-corrected chi connectivity index (χ2v) is 8.71. The van der Waals surface area contributed by atoms with Gasteiger partial charge in [-0.25, -0.2) is 9.48 Å². The first kappa shape index (κ1) is 20.3. The fraction of sp³-hybridized carbons (Fsp3) is 0.0345. The van der Waals surface area contributed by atoms with Crippen LogP contribution in [0.3, 0.4) is 0 Å². The summed E-state index contributed by atoms with van der Waals surface area (Å²) in [4.78, 5) is 16.4. The first-order valence-corrected chi connectivity index (χ1v) is 11.6. The van der Waals surface area contributed by atoms with Gasteiger partial charge in [-0.15, -0.1) is 5.10 Å². The molecule has 0 atom stereocenters. The maximum atomic E-state index is 11.9. The van der Waals surface area contributed by atoms with Crippen molar-refractivity contribution in [2.24, 2.45) is 7.05 Å². The Balaban J connectivity index is 1.40. The number of hydrogen-bond donors (Lipinski definition) is 0. The van der Waals surface area contributed by atoms with Crippen molar-refractivity contribution in [1.29, 1.82) is 0 Å². The van der Waals surface area contributed by atoms with Crippen molar-refractivity contribution in [1.82, 2.24) is 24.5 Å². The van der Waals surface area contributed by atoms with Crippen LogP contribution in [0.2, 0.25) is 0 Å². The maximum Gasteiger partial charge on any atom is 0.336 e. The summed E-state index contributed by atoms with van der Waals surface area (Å²) in [6.07, 6.45) is 3.68. The van der Waals surface area contributed by atoms with E-state index in [1.807, 2.05) is 60.9 Å². The lowest BCUT2D eigenvalue weighted by Gasteiger charge is -2.09. The summed E-state index contributed by atoms with van der Waals surface area (Å²) in [5, 5.41) is 11.9. The molecular weight excluding hydrogens is 450 g/mol. The molecule has 0 unspecified atom stereocenters. The van der Waals surface area contributed by atoms with E-state index in [2.05, 4.69) is 51.2 Å². The average Bonchev–Trinajstić information content (AvgIpc) is 3.53. The van der Waals surface area contributed by atoms with E-state index in [-0.39, 0.29) is 0 Å². The molecule has 4 heterocycles. The number of aryl methyl sites for hydroxylation is 1. The molecule has 7 nitrogen and oxygen atoms in total. The predicted octanol–water partition coefficient (Wildman–Crippen LogP) is 5.75. The molecule has 3 aromatic carbocycles. The summed E-state index contributed by atoms with van der Waals surface area (Å²) in [7, 11) is 2.07. The van der Waals surface area contributed by atoms with Crippen molar-refractivity contribution in [2.75, 3.05) is 0 Å². The SMILES string of the molecule is Cn1c(-c2cccc3ncccc23)cc2cccc(-c3cn(-c4cccc5ccc(=O)oc45)nn3)c21. The zero-order chi connectivity index (χ0) is 24.2. The van der Waals surface area contributed by atoms with Crippen LogP contribution in [-0.2, 0) is 7.05 Å². The maximum absolute atomic E-state index is 11.9. The van der Waals surface area contributed by atoms with Crippen molar-refractivity contribution in [3.8, 4) is 28.2 Å². The molecule has 0 aliphatic rings. The van der Waals surface area contributed by atoms with Gasteiger partial charge in [-0.05, 0) is 30.3 Å². The first-order valence-electron chi connectivity index (χ1n) is 11.6. The Morgan fingerprint density at radius 1 is 0.833 bits per heavy atom. The molecule has 4 aromatic heterocycles.